The van der Waals surface area contributed by atoms with Crippen molar-refractivity contribution in [2.75, 3.05) is 20.1 Å². The summed E-state index contributed by atoms with van der Waals surface area (Å²) in [6, 6.07) is 7.36. The van der Waals surface area contributed by atoms with Crippen LogP contribution in [-0.2, 0) is 0 Å². The molecule has 0 radical (unpaired) electrons. The average Bonchev–Trinajstić information content (AvgIpc) is 2.68. The lowest BCUT2D eigenvalue weighted by atomic mass is 9.97. The van der Waals surface area contributed by atoms with Crippen molar-refractivity contribution in [1.29, 1.82) is 0 Å². The quantitative estimate of drug-likeness (QED) is 0.878. The number of rotatable bonds is 5. The first-order valence-electron chi connectivity index (χ1n) is 7.93. The summed E-state index contributed by atoms with van der Waals surface area (Å²) in [5.41, 5.74) is 4.55. The van der Waals surface area contributed by atoms with Crippen LogP contribution in [0.5, 0.6) is 0 Å². The smallest absolute Gasteiger partial charge is 0.0329 e. The molecule has 0 amide bonds. The Bertz CT molecular complexity index is 430. The standard InChI is InChI=1S/C18H30N2/c1-14-11-15(2)13-16(12-14)17(19-5)7-10-20-9-6-8-18(20,3)4/h11-13,17,19H,6-10H2,1-5H3. The fourth-order valence-electron chi connectivity index (χ4n) is 3.55. The van der Waals surface area contributed by atoms with Crippen LogP contribution in [0.4, 0.5) is 0 Å². The molecule has 0 bridgehead atoms. The highest BCUT2D eigenvalue weighted by Crippen LogP contribution is 2.29. The molecule has 112 valence electrons. The largest absolute Gasteiger partial charge is 0.313 e. The molecule has 1 atom stereocenters. The molecule has 1 aliphatic heterocycles. The van der Waals surface area contributed by atoms with Crippen molar-refractivity contribution in [2.24, 2.45) is 0 Å². The third-order valence-corrected chi connectivity index (χ3v) is 4.76. The SMILES string of the molecule is CNC(CCN1CCCC1(C)C)c1cc(C)cc(C)c1. The third kappa shape index (κ3) is 3.62. The van der Waals surface area contributed by atoms with Crippen molar-refractivity contribution in [3.63, 3.8) is 0 Å². The summed E-state index contributed by atoms with van der Waals surface area (Å²) in [7, 11) is 2.08. The summed E-state index contributed by atoms with van der Waals surface area (Å²) in [5, 5.41) is 3.50. The van der Waals surface area contributed by atoms with Gasteiger partial charge in [0.05, 0.1) is 0 Å². The van der Waals surface area contributed by atoms with Crippen LogP contribution in [0.1, 0.15) is 55.8 Å². The second-order valence-electron chi connectivity index (χ2n) is 6.95. The number of likely N-dealkylation sites (tertiary alicyclic amines) is 1. The molecule has 1 heterocycles. The van der Waals surface area contributed by atoms with Gasteiger partial charge in [-0.25, -0.2) is 0 Å². The highest BCUT2D eigenvalue weighted by Gasteiger charge is 2.31. The Morgan fingerprint density at radius 2 is 1.85 bits per heavy atom. The van der Waals surface area contributed by atoms with E-state index >= 15 is 0 Å². The van der Waals surface area contributed by atoms with Gasteiger partial charge in [0.15, 0.2) is 0 Å². The minimum atomic E-state index is 0.390. The lowest BCUT2D eigenvalue weighted by molar-refractivity contribution is 0.167. The molecular weight excluding hydrogens is 244 g/mol. The molecule has 2 nitrogen and oxygen atoms in total. The van der Waals surface area contributed by atoms with Crippen molar-refractivity contribution in [3.8, 4) is 0 Å². The van der Waals surface area contributed by atoms with E-state index in [1.54, 1.807) is 0 Å². The Morgan fingerprint density at radius 1 is 1.20 bits per heavy atom. The summed E-state index contributed by atoms with van der Waals surface area (Å²) < 4.78 is 0. The Hall–Kier alpha value is -0.860. The van der Waals surface area contributed by atoms with Gasteiger partial charge >= 0.3 is 0 Å². The number of nitrogens with zero attached hydrogens (tertiary/aromatic N) is 1. The molecule has 2 heteroatoms. The maximum atomic E-state index is 3.50. The predicted molar refractivity (Wildman–Crippen MR) is 87.2 cm³/mol. The van der Waals surface area contributed by atoms with Crippen LogP contribution < -0.4 is 5.32 Å². The maximum Gasteiger partial charge on any atom is 0.0329 e. The van der Waals surface area contributed by atoms with Crippen molar-refractivity contribution in [2.45, 2.75) is 58.5 Å². The van der Waals surface area contributed by atoms with Crippen molar-refractivity contribution >= 4 is 0 Å². The first-order valence-corrected chi connectivity index (χ1v) is 7.93. The van der Waals surface area contributed by atoms with Crippen LogP contribution in [0, 0.1) is 13.8 Å². The van der Waals surface area contributed by atoms with Crippen LogP contribution >= 0.6 is 0 Å². The van der Waals surface area contributed by atoms with Gasteiger partial charge in [-0.2, -0.15) is 0 Å². The zero-order valence-electron chi connectivity index (χ0n) is 13.8. The van der Waals surface area contributed by atoms with E-state index < -0.39 is 0 Å². The van der Waals surface area contributed by atoms with E-state index in [1.807, 2.05) is 0 Å². The van der Waals surface area contributed by atoms with Gasteiger partial charge in [-0.1, -0.05) is 29.3 Å². The van der Waals surface area contributed by atoms with E-state index in [-0.39, 0.29) is 0 Å². The first-order chi connectivity index (χ1) is 9.42. The number of nitrogens with one attached hydrogen (secondary N) is 1. The summed E-state index contributed by atoms with van der Waals surface area (Å²) in [5.74, 6) is 0. The van der Waals surface area contributed by atoms with Gasteiger partial charge in [0.25, 0.3) is 0 Å². The van der Waals surface area contributed by atoms with E-state index in [9.17, 15) is 0 Å². The van der Waals surface area contributed by atoms with Gasteiger partial charge < -0.3 is 5.32 Å². The third-order valence-electron chi connectivity index (χ3n) is 4.76. The number of hydrogen-bond donors (Lipinski definition) is 1. The number of benzene rings is 1. The maximum absolute atomic E-state index is 3.50. The number of hydrogen-bond acceptors (Lipinski definition) is 2. The van der Waals surface area contributed by atoms with Crippen LogP contribution in [0.15, 0.2) is 18.2 Å². The average molecular weight is 274 g/mol. The van der Waals surface area contributed by atoms with E-state index in [1.165, 1.54) is 49.0 Å². The minimum Gasteiger partial charge on any atom is -0.313 e. The van der Waals surface area contributed by atoms with Crippen molar-refractivity contribution in [1.82, 2.24) is 10.2 Å². The molecule has 0 aromatic heterocycles. The molecule has 0 aliphatic carbocycles. The molecule has 1 unspecified atom stereocenters. The van der Waals surface area contributed by atoms with Crippen LogP contribution in [0.2, 0.25) is 0 Å². The summed E-state index contributed by atoms with van der Waals surface area (Å²) in [4.78, 5) is 2.65. The lowest BCUT2D eigenvalue weighted by Crippen LogP contribution is -2.39. The Balaban J connectivity index is 2.02. The zero-order chi connectivity index (χ0) is 14.8. The van der Waals surface area contributed by atoms with E-state index in [2.05, 4.69) is 63.2 Å². The molecule has 1 fully saturated rings. The van der Waals surface area contributed by atoms with Crippen molar-refractivity contribution in [3.05, 3.63) is 34.9 Å². The van der Waals surface area contributed by atoms with Gasteiger partial charge in [0, 0.05) is 18.1 Å². The predicted octanol–water partition coefficient (Wildman–Crippen LogP) is 3.83. The fraction of sp³-hybridized carbons (Fsp3) is 0.667. The van der Waals surface area contributed by atoms with Gasteiger partial charge in [0.1, 0.15) is 0 Å². The topological polar surface area (TPSA) is 15.3 Å². The van der Waals surface area contributed by atoms with Crippen LogP contribution in [-0.4, -0.2) is 30.6 Å². The molecule has 1 saturated heterocycles. The van der Waals surface area contributed by atoms with Gasteiger partial charge in [-0.3, -0.25) is 4.90 Å². The zero-order valence-corrected chi connectivity index (χ0v) is 13.8. The molecule has 1 aromatic rings. The molecule has 0 saturated carbocycles. The monoisotopic (exact) mass is 274 g/mol. The van der Waals surface area contributed by atoms with E-state index in [4.69, 9.17) is 0 Å². The highest BCUT2D eigenvalue weighted by atomic mass is 15.2. The molecule has 1 N–H and O–H groups in total. The Morgan fingerprint density at radius 3 is 2.35 bits per heavy atom. The first kappa shape index (κ1) is 15.5. The summed E-state index contributed by atoms with van der Waals surface area (Å²) in [6.07, 6.45) is 3.87. The molecule has 1 aromatic carbocycles. The summed E-state index contributed by atoms with van der Waals surface area (Å²) >= 11 is 0. The van der Waals surface area contributed by atoms with Gasteiger partial charge in [0.2, 0.25) is 0 Å². The van der Waals surface area contributed by atoms with Crippen molar-refractivity contribution < 1.29 is 0 Å². The molecular formula is C18H30N2. The minimum absolute atomic E-state index is 0.390. The van der Waals surface area contributed by atoms with Gasteiger partial charge in [-0.05, 0) is 66.1 Å². The Labute approximate surface area is 124 Å². The fourth-order valence-corrected chi connectivity index (χ4v) is 3.55. The Kier molecular flexibility index (Phi) is 4.87. The second kappa shape index (κ2) is 6.28. The van der Waals surface area contributed by atoms with Crippen LogP contribution in [0.3, 0.4) is 0 Å². The molecule has 2 rings (SSSR count). The van der Waals surface area contributed by atoms with E-state index in [0.29, 0.717) is 11.6 Å². The highest BCUT2D eigenvalue weighted by molar-refractivity contribution is 5.30. The molecule has 20 heavy (non-hydrogen) atoms. The normalized spacial score (nSPS) is 20.2. The van der Waals surface area contributed by atoms with E-state index in [0.717, 1.165) is 0 Å². The van der Waals surface area contributed by atoms with Crippen LogP contribution in [0.25, 0.3) is 0 Å². The van der Waals surface area contributed by atoms with Gasteiger partial charge in [-0.15, -0.1) is 0 Å². The second-order valence-corrected chi connectivity index (χ2v) is 6.95. The molecule has 0 spiro atoms. The number of aryl methyl sites for hydroxylation is 2. The summed E-state index contributed by atoms with van der Waals surface area (Å²) in [6.45, 7) is 11.6. The molecule has 1 aliphatic rings. The lowest BCUT2D eigenvalue weighted by Gasteiger charge is -2.33.